The van der Waals surface area contributed by atoms with Gasteiger partial charge in [0.25, 0.3) is 5.91 Å². The standard InChI is InChI=1S/C24H24N2O3/c1-17(19-8-4-3-5-9-19)25-24(28)21-10-6-7-11-22(21)26-23(27)16-18-12-14-20(29-2)15-13-18/h3-15,17H,16H2,1-2H3,(H,25,28)(H,26,27)/t17-/m0/s1. The summed E-state index contributed by atoms with van der Waals surface area (Å²) in [5, 5.41) is 5.83. The first-order chi connectivity index (χ1) is 14.1. The maximum atomic E-state index is 12.8. The lowest BCUT2D eigenvalue weighted by atomic mass is 10.1. The highest BCUT2D eigenvalue weighted by Crippen LogP contribution is 2.19. The number of carbonyl (C=O) groups is 2. The zero-order valence-electron chi connectivity index (χ0n) is 16.5. The molecule has 0 aliphatic carbocycles. The third-order valence-corrected chi connectivity index (χ3v) is 4.62. The van der Waals surface area contributed by atoms with Gasteiger partial charge in [0, 0.05) is 0 Å². The van der Waals surface area contributed by atoms with Gasteiger partial charge in [-0.15, -0.1) is 0 Å². The summed E-state index contributed by atoms with van der Waals surface area (Å²) in [6.45, 7) is 1.93. The van der Waals surface area contributed by atoms with Crippen LogP contribution in [0.5, 0.6) is 5.75 Å². The molecule has 0 saturated carbocycles. The Morgan fingerprint density at radius 1 is 0.897 bits per heavy atom. The van der Waals surface area contributed by atoms with E-state index >= 15 is 0 Å². The van der Waals surface area contributed by atoms with E-state index in [1.54, 1.807) is 31.4 Å². The molecular weight excluding hydrogens is 364 g/mol. The van der Waals surface area contributed by atoms with Crippen LogP contribution in [0.1, 0.15) is 34.5 Å². The molecule has 3 aromatic carbocycles. The van der Waals surface area contributed by atoms with Gasteiger partial charge in [0.1, 0.15) is 5.75 Å². The van der Waals surface area contributed by atoms with Crippen LogP contribution in [0.15, 0.2) is 78.9 Å². The molecule has 3 rings (SSSR count). The fourth-order valence-electron chi connectivity index (χ4n) is 3.01. The predicted octanol–water partition coefficient (Wildman–Crippen LogP) is 4.37. The number of para-hydroxylation sites is 1. The van der Waals surface area contributed by atoms with Crippen LogP contribution in [0, 0.1) is 0 Å². The molecule has 0 heterocycles. The Bertz CT molecular complexity index is 969. The third-order valence-electron chi connectivity index (χ3n) is 4.62. The summed E-state index contributed by atoms with van der Waals surface area (Å²) in [4.78, 5) is 25.3. The van der Waals surface area contributed by atoms with Crippen molar-refractivity contribution in [2.45, 2.75) is 19.4 Å². The van der Waals surface area contributed by atoms with E-state index < -0.39 is 0 Å². The van der Waals surface area contributed by atoms with Gasteiger partial charge in [0.15, 0.2) is 0 Å². The molecule has 0 aliphatic heterocycles. The highest BCUT2D eigenvalue weighted by molar-refractivity contribution is 6.04. The number of carbonyl (C=O) groups excluding carboxylic acids is 2. The van der Waals surface area contributed by atoms with Crippen molar-refractivity contribution in [3.05, 3.63) is 95.6 Å². The highest BCUT2D eigenvalue weighted by Gasteiger charge is 2.16. The Morgan fingerprint density at radius 2 is 1.55 bits per heavy atom. The molecular formula is C24H24N2O3. The van der Waals surface area contributed by atoms with Gasteiger partial charge >= 0.3 is 0 Å². The average Bonchev–Trinajstić information content (AvgIpc) is 2.75. The zero-order valence-corrected chi connectivity index (χ0v) is 16.5. The molecule has 29 heavy (non-hydrogen) atoms. The van der Waals surface area contributed by atoms with E-state index in [0.29, 0.717) is 11.3 Å². The molecule has 0 bridgehead atoms. The molecule has 0 aromatic heterocycles. The first kappa shape index (κ1) is 20.1. The van der Waals surface area contributed by atoms with Crippen LogP contribution in [0.4, 0.5) is 5.69 Å². The minimum Gasteiger partial charge on any atom is -0.497 e. The summed E-state index contributed by atoms with van der Waals surface area (Å²) in [6.07, 6.45) is 0.209. The van der Waals surface area contributed by atoms with Gasteiger partial charge in [-0.1, -0.05) is 54.6 Å². The molecule has 3 aromatic rings. The van der Waals surface area contributed by atoms with Gasteiger partial charge in [-0.2, -0.15) is 0 Å². The smallest absolute Gasteiger partial charge is 0.253 e. The Balaban J connectivity index is 1.67. The quantitative estimate of drug-likeness (QED) is 0.632. The maximum Gasteiger partial charge on any atom is 0.253 e. The number of nitrogens with one attached hydrogen (secondary N) is 2. The molecule has 0 fully saturated rings. The maximum absolute atomic E-state index is 12.8. The lowest BCUT2D eigenvalue weighted by molar-refractivity contribution is -0.115. The number of hydrogen-bond donors (Lipinski definition) is 2. The van der Waals surface area contributed by atoms with Crippen molar-refractivity contribution < 1.29 is 14.3 Å². The summed E-state index contributed by atoms with van der Waals surface area (Å²) in [7, 11) is 1.60. The van der Waals surface area contributed by atoms with E-state index in [1.807, 2.05) is 61.5 Å². The topological polar surface area (TPSA) is 67.4 Å². The van der Waals surface area contributed by atoms with Crippen molar-refractivity contribution >= 4 is 17.5 Å². The zero-order chi connectivity index (χ0) is 20.6. The van der Waals surface area contributed by atoms with E-state index in [0.717, 1.165) is 16.9 Å². The molecule has 0 spiro atoms. The lowest BCUT2D eigenvalue weighted by Crippen LogP contribution is -2.28. The average molecular weight is 388 g/mol. The highest BCUT2D eigenvalue weighted by atomic mass is 16.5. The first-order valence-corrected chi connectivity index (χ1v) is 9.44. The molecule has 148 valence electrons. The van der Waals surface area contributed by atoms with E-state index in [2.05, 4.69) is 10.6 Å². The molecule has 1 atom stereocenters. The minimum absolute atomic E-state index is 0.147. The number of amides is 2. The van der Waals surface area contributed by atoms with Crippen LogP contribution in [0.3, 0.4) is 0 Å². The summed E-state index contributed by atoms with van der Waals surface area (Å²) in [5.41, 5.74) is 2.80. The molecule has 2 N–H and O–H groups in total. The predicted molar refractivity (Wildman–Crippen MR) is 114 cm³/mol. The van der Waals surface area contributed by atoms with E-state index in [9.17, 15) is 9.59 Å². The van der Waals surface area contributed by atoms with Crippen molar-refractivity contribution in [3.8, 4) is 5.75 Å². The number of rotatable bonds is 7. The van der Waals surface area contributed by atoms with E-state index in [4.69, 9.17) is 4.74 Å². The van der Waals surface area contributed by atoms with Crippen LogP contribution in [-0.4, -0.2) is 18.9 Å². The van der Waals surface area contributed by atoms with Gasteiger partial charge < -0.3 is 15.4 Å². The van der Waals surface area contributed by atoms with E-state index in [1.165, 1.54) is 0 Å². The second-order valence-electron chi connectivity index (χ2n) is 6.72. The van der Waals surface area contributed by atoms with Crippen LogP contribution in [-0.2, 0) is 11.2 Å². The van der Waals surface area contributed by atoms with E-state index in [-0.39, 0.29) is 24.3 Å². The van der Waals surface area contributed by atoms with Crippen LogP contribution in [0.2, 0.25) is 0 Å². The number of hydrogen-bond acceptors (Lipinski definition) is 3. The van der Waals surface area contributed by atoms with Gasteiger partial charge in [-0.3, -0.25) is 9.59 Å². The van der Waals surface area contributed by atoms with Crippen LogP contribution < -0.4 is 15.4 Å². The number of ether oxygens (including phenoxy) is 1. The van der Waals surface area contributed by atoms with Crippen molar-refractivity contribution in [2.24, 2.45) is 0 Å². The fraction of sp³-hybridized carbons (Fsp3) is 0.167. The Kier molecular flexibility index (Phi) is 6.63. The van der Waals surface area contributed by atoms with Crippen LogP contribution >= 0.6 is 0 Å². The number of benzene rings is 3. The molecule has 2 amide bonds. The molecule has 0 radical (unpaired) electrons. The lowest BCUT2D eigenvalue weighted by Gasteiger charge is -2.16. The van der Waals surface area contributed by atoms with Gasteiger partial charge in [0.2, 0.25) is 5.91 Å². The summed E-state index contributed by atoms with van der Waals surface area (Å²) >= 11 is 0. The number of anilines is 1. The van der Waals surface area contributed by atoms with Crippen LogP contribution in [0.25, 0.3) is 0 Å². The second-order valence-corrected chi connectivity index (χ2v) is 6.72. The second kappa shape index (κ2) is 9.55. The summed E-state index contributed by atoms with van der Waals surface area (Å²) in [6, 6.07) is 23.9. The third kappa shape index (κ3) is 5.45. The molecule has 5 nitrogen and oxygen atoms in total. The van der Waals surface area contributed by atoms with Crippen molar-refractivity contribution in [2.75, 3.05) is 12.4 Å². The fourth-order valence-corrected chi connectivity index (χ4v) is 3.01. The summed E-state index contributed by atoms with van der Waals surface area (Å²) < 4.78 is 5.13. The van der Waals surface area contributed by atoms with Gasteiger partial charge in [-0.25, -0.2) is 0 Å². The van der Waals surface area contributed by atoms with Crippen molar-refractivity contribution in [1.82, 2.24) is 5.32 Å². The largest absolute Gasteiger partial charge is 0.497 e. The Labute approximate surface area is 170 Å². The summed E-state index contributed by atoms with van der Waals surface area (Å²) in [5.74, 6) is 0.317. The monoisotopic (exact) mass is 388 g/mol. The van der Waals surface area contributed by atoms with Gasteiger partial charge in [-0.05, 0) is 42.3 Å². The Hall–Kier alpha value is -3.60. The van der Waals surface area contributed by atoms with Crippen molar-refractivity contribution in [3.63, 3.8) is 0 Å². The van der Waals surface area contributed by atoms with Gasteiger partial charge in [0.05, 0.1) is 30.8 Å². The minimum atomic E-state index is -0.235. The van der Waals surface area contributed by atoms with Crippen molar-refractivity contribution in [1.29, 1.82) is 0 Å². The number of methoxy groups -OCH3 is 1. The molecule has 0 aliphatic rings. The first-order valence-electron chi connectivity index (χ1n) is 9.44. The molecule has 5 heteroatoms. The normalized spacial score (nSPS) is 11.4. The Morgan fingerprint density at radius 3 is 2.24 bits per heavy atom. The SMILES string of the molecule is COc1ccc(CC(=O)Nc2ccccc2C(=O)N[C@@H](C)c2ccccc2)cc1. The molecule has 0 unspecified atom stereocenters. The molecule has 0 saturated heterocycles.